The first kappa shape index (κ1) is 9.71. The van der Waals surface area contributed by atoms with Gasteiger partial charge in [0.05, 0.1) is 5.52 Å². The van der Waals surface area contributed by atoms with E-state index in [1.54, 1.807) is 17.7 Å². The second-order valence-electron chi connectivity index (χ2n) is 3.41. The molecule has 2 aromatic rings. The first-order valence-electron chi connectivity index (χ1n) is 4.35. The van der Waals surface area contributed by atoms with E-state index in [4.69, 9.17) is 0 Å². The Morgan fingerprint density at radius 2 is 2.00 bits per heavy atom. The van der Waals surface area contributed by atoms with Crippen molar-refractivity contribution in [3.05, 3.63) is 43.8 Å². The van der Waals surface area contributed by atoms with Crippen molar-refractivity contribution in [2.45, 2.75) is 6.92 Å². The van der Waals surface area contributed by atoms with Gasteiger partial charge in [-0.2, -0.15) is 0 Å². The Labute approximate surface area is 95.7 Å². The van der Waals surface area contributed by atoms with E-state index < -0.39 is 0 Å². The van der Waals surface area contributed by atoms with E-state index in [2.05, 4.69) is 35.6 Å². The lowest BCUT2D eigenvalue weighted by Gasteiger charge is -2.06. The summed E-state index contributed by atoms with van der Waals surface area (Å²) in [6.07, 6.45) is 0. The molecule has 0 fully saturated rings. The van der Waals surface area contributed by atoms with Gasteiger partial charge >= 0.3 is 0 Å². The fraction of sp³-hybridized carbons (Fsp3) is 0.182. The van der Waals surface area contributed by atoms with Crippen LogP contribution in [0.15, 0.2) is 29.1 Å². The highest BCUT2D eigenvalue weighted by molar-refractivity contribution is 14.1. The van der Waals surface area contributed by atoms with Crippen LogP contribution in [0.5, 0.6) is 0 Å². The van der Waals surface area contributed by atoms with Crippen LogP contribution < -0.4 is 5.56 Å². The van der Waals surface area contributed by atoms with Crippen molar-refractivity contribution < 1.29 is 0 Å². The third-order valence-electron chi connectivity index (χ3n) is 2.35. The monoisotopic (exact) mass is 299 g/mol. The van der Waals surface area contributed by atoms with Gasteiger partial charge in [-0.25, -0.2) is 0 Å². The molecule has 0 N–H and O–H groups in total. The number of nitrogens with zero attached hydrogens (tertiary/aromatic N) is 1. The molecule has 1 heterocycles. The van der Waals surface area contributed by atoms with E-state index in [0.29, 0.717) is 0 Å². The summed E-state index contributed by atoms with van der Waals surface area (Å²) >= 11 is 2.20. The molecule has 0 saturated carbocycles. The van der Waals surface area contributed by atoms with Crippen molar-refractivity contribution in [3.63, 3.8) is 0 Å². The Bertz CT molecular complexity index is 557. The predicted octanol–water partition coefficient (Wildman–Crippen LogP) is 2.45. The van der Waals surface area contributed by atoms with Crippen LogP contribution in [0.1, 0.15) is 5.56 Å². The van der Waals surface area contributed by atoms with Crippen molar-refractivity contribution >= 4 is 33.5 Å². The number of benzene rings is 1. The zero-order valence-corrected chi connectivity index (χ0v) is 10.2. The largest absolute Gasteiger partial charge is 0.311 e. The number of hydrogen-bond acceptors (Lipinski definition) is 1. The molecule has 0 bridgehead atoms. The molecule has 0 amide bonds. The molecule has 0 aliphatic carbocycles. The van der Waals surface area contributed by atoms with Crippen molar-refractivity contribution in [1.82, 2.24) is 4.57 Å². The molecular weight excluding hydrogens is 289 g/mol. The third kappa shape index (κ3) is 1.45. The maximum Gasteiger partial charge on any atom is 0.251 e. The molecule has 0 aliphatic heterocycles. The number of aromatic nitrogens is 1. The van der Waals surface area contributed by atoms with Crippen LogP contribution in [0, 0.1) is 10.5 Å². The van der Waals surface area contributed by atoms with Crippen LogP contribution in [0.25, 0.3) is 10.9 Å². The highest BCUT2D eigenvalue weighted by atomic mass is 127. The van der Waals surface area contributed by atoms with Gasteiger partial charge in [0.15, 0.2) is 0 Å². The molecular formula is C11H10INO. The molecule has 3 heteroatoms. The summed E-state index contributed by atoms with van der Waals surface area (Å²) in [5, 5.41) is 1.15. The average Bonchev–Trinajstić information content (AvgIpc) is 2.14. The zero-order valence-electron chi connectivity index (χ0n) is 8.04. The van der Waals surface area contributed by atoms with Crippen LogP contribution in [0.3, 0.4) is 0 Å². The Kier molecular flexibility index (Phi) is 2.34. The molecule has 1 aromatic carbocycles. The molecule has 0 saturated heterocycles. The minimum absolute atomic E-state index is 0.0470. The number of fused-ring (bicyclic) bond motifs is 1. The van der Waals surface area contributed by atoms with Crippen LogP contribution >= 0.6 is 22.6 Å². The molecule has 2 nitrogen and oxygen atoms in total. The molecule has 14 heavy (non-hydrogen) atoms. The summed E-state index contributed by atoms with van der Waals surface area (Å²) < 4.78 is 2.70. The normalized spacial score (nSPS) is 10.8. The first-order valence-corrected chi connectivity index (χ1v) is 5.43. The quantitative estimate of drug-likeness (QED) is 0.685. The molecule has 2 rings (SSSR count). The summed E-state index contributed by atoms with van der Waals surface area (Å²) in [5.74, 6) is 0. The van der Waals surface area contributed by atoms with Gasteiger partial charge in [-0.1, -0.05) is 11.6 Å². The van der Waals surface area contributed by atoms with Crippen LogP contribution in [0.2, 0.25) is 0 Å². The summed E-state index contributed by atoms with van der Waals surface area (Å²) in [6, 6.07) is 7.80. The van der Waals surface area contributed by atoms with Crippen molar-refractivity contribution in [1.29, 1.82) is 0 Å². The minimum Gasteiger partial charge on any atom is -0.311 e. The van der Waals surface area contributed by atoms with Gasteiger partial charge < -0.3 is 4.57 Å². The maximum atomic E-state index is 11.5. The fourth-order valence-corrected chi connectivity index (χ4v) is 2.23. The number of halogens is 1. The van der Waals surface area contributed by atoms with Crippen LogP contribution in [0.4, 0.5) is 0 Å². The Morgan fingerprint density at radius 1 is 1.29 bits per heavy atom. The summed E-state index contributed by atoms with van der Waals surface area (Å²) in [5.41, 5.74) is 2.26. The van der Waals surface area contributed by atoms with E-state index >= 15 is 0 Å². The zero-order chi connectivity index (χ0) is 10.3. The third-order valence-corrected chi connectivity index (χ3v) is 3.24. The van der Waals surface area contributed by atoms with Crippen molar-refractivity contribution in [2.24, 2.45) is 7.05 Å². The number of pyridine rings is 1. The lowest BCUT2D eigenvalue weighted by Crippen LogP contribution is -2.16. The average molecular weight is 299 g/mol. The van der Waals surface area contributed by atoms with E-state index in [0.717, 1.165) is 14.5 Å². The second-order valence-corrected chi connectivity index (χ2v) is 4.57. The number of aryl methyl sites for hydroxylation is 2. The summed E-state index contributed by atoms with van der Waals surface area (Å²) in [6.45, 7) is 2.06. The molecule has 0 atom stereocenters. The van der Waals surface area contributed by atoms with Crippen LogP contribution in [-0.4, -0.2) is 4.57 Å². The lowest BCUT2D eigenvalue weighted by molar-refractivity contribution is 0.904. The molecule has 1 aromatic heterocycles. The number of hydrogen-bond donors (Lipinski definition) is 0. The summed E-state index contributed by atoms with van der Waals surface area (Å²) in [7, 11) is 1.80. The fourth-order valence-electron chi connectivity index (χ4n) is 1.54. The van der Waals surface area contributed by atoms with Crippen LogP contribution in [-0.2, 0) is 7.05 Å². The predicted molar refractivity (Wildman–Crippen MR) is 66.6 cm³/mol. The van der Waals surface area contributed by atoms with Crippen molar-refractivity contribution in [3.8, 4) is 0 Å². The van der Waals surface area contributed by atoms with Gasteiger partial charge in [0.1, 0.15) is 0 Å². The van der Waals surface area contributed by atoms with E-state index in [9.17, 15) is 4.79 Å². The maximum absolute atomic E-state index is 11.5. The Balaban J connectivity index is 3.02. The van der Waals surface area contributed by atoms with Crippen molar-refractivity contribution in [2.75, 3.05) is 0 Å². The van der Waals surface area contributed by atoms with Gasteiger partial charge in [-0.3, -0.25) is 4.79 Å². The first-order chi connectivity index (χ1) is 6.59. The van der Waals surface area contributed by atoms with Gasteiger partial charge in [-0.05, 0) is 41.6 Å². The van der Waals surface area contributed by atoms with E-state index in [1.807, 2.05) is 12.1 Å². The Morgan fingerprint density at radius 3 is 2.71 bits per heavy atom. The van der Waals surface area contributed by atoms with Gasteiger partial charge in [-0.15, -0.1) is 0 Å². The van der Waals surface area contributed by atoms with E-state index in [1.165, 1.54) is 5.56 Å². The topological polar surface area (TPSA) is 22.0 Å². The minimum atomic E-state index is 0.0470. The van der Waals surface area contributed by atoms with Gasteiger partial charge in [0, 0.05) is 22.1 Å². The SMILES string of the molecule is Cc1ccc2c(c1)c(I)cc(=O)n2C. The molecule has 0 radical (unpaired) electrons. The molecule has 0 spiro atoms. The standard InChI is InChI=1S/C11H10INO/c1-7-3-4-10-8(5-7)9(12)6-11(14)13(10)2/h3-6H,1-2H3. The lowest BCUT2D eigenvalue weighted by atomic mass is 10.1. The molecule has 0 aliphatic rings. The highest BCUT2D eigenvalue weighted by Gasteiger charge is 2.03. The van der Waals surface area contributed by atoms with Gasteiger partial charge in [0.25, 0.3) is 5.56 Å². The highest BCUT2D eigenvalue weighted by Crippen LogP contribution is 2.19. The van der Waals surface area contributed by atoms with E-state index in [-0.39, 0.29) is 5.56 Å². The number of rotatable bonds is 0. The molecule has 72 valence electrons. The Hall–Kier alpha value is -0.840. The second kappa shape index (κ2) is 3.38. The molecule has 0 unspecified atom stereocenters. The summed E-state index contributed by atoms with van der Waals surface area (Å²) in [4.78, 5) is 11.5. The van der Waals surface area contributed by atoms with Gasteiger partial charge in [0.2, 0.25) is 0 Å². The smallest absolute Gasteiger partial charge is 0.251 e.